The number of aryl methyl sites for hydroxylation is 3. The van der Waals surface area contributed by atoms with E-state index in [4.69, 9.17) is 4.98 Å². The van der Waals surface area contributed by atoms with E-state index in [0.717, 1.165) is 53.9 Å². The molecule has 3 N–H and O–H groups in total. The van der Waals surface area contributed by atoms with Crippen LogP contribution in [0.4, 0.5) is 17.2 Å². The molecule has 2 aromatic carbocycles. The molecule has 1 aliphatic heterocycles. The molecule has 2 aliphatic rings. The van der Waals surface area contributed by atoms with Gasteiger partial charge in [0.15, 0.2) is 5.82 Å². The summed E-state index contributed by atoms with van der Waals surface area (Å²) in [6.45, 7) is 3.82. The van der Waals surface area contributed by atoms with E-state index in [1.807, 2.05) is 49.4 Å². The summed E-state index contributed by atoms with van der Waals surface area (Å²) in [5.41, 5.74) is 5.51. The Hall–Kier alpha value is -4.32. The van der Waals surface area contributed by atoms with Crippen molar-refractivity contribution in [1.29, 1.82) is 0 Å². The Morgan fingerprint density at radius 2 is 1.83 bits per heavy atom. The number of hydrogen-bond donors (Lipinski definition) is 3. The molecule has 0 saturated carbocycles. The van der Waals surface area contributed by atoms with Gasteiger partial charge in [-0.15, -0.1) is 11.3 Å². The molecule has 0 bridgehead atoms. The Morgan fingerprint density at radius 3 is 2.55 bits per heavy atom. The highest BCUT2D eigenvalue weighted by Crippen LogP contribution is 2.32. The number of carbonyl (C=O) groups is 2. The maximum atomic E-state index is 13.3. The predicted octanol–water partition coefficient (Wildman–Crippen LogP) is 5.28. The molecule has 3 heterocycles. The number of hydrogen-bond acceptors (Lipinski definition) is 8. The first-order valence-electron chi connectivity index (χ1n) is 16.3. The number of benzene rings is 2. The van der Waals surface area contributed by atoms with Crippen LogP contribution in [0, 0.1) is 6.92 Å². The summed E-state index contributed by atoms with van der Waals surface area (Å²) in [5, 5.41) is 15.6. The standard InChI is InChI=1S/C36H42N6O4S/c1-23-27(10-7-11-28(23)39-34(44)31-21-25-9-5-4-6-12-30(25)47-31)29-22-41(3)36(46)33(38-29)37-26-15-13-24(14-16-26)32(42-17-8-18-42)35(45)40(2)19-20-43/h7,10-11,13-16,21-22,32,43H,4-6,8-9,12,17-20H2,1-3H3,(H,37,38)(H,39,44). The molecule has 47 heavy (non-hydrogen) atoms. The van der Waals surface area contributed by atoms with Crippen LogP contribution in [0.1, 0.15) is 63.0 Å². The number of amides is 2. The second-order valence-corrected chi connectivity index (χ2v) is 13.6. The second-order valence-electron chi connectivity index (χ2n) is 12.5. The highest BCUT2D eigenvalue weighted by molar-refractivity contribution is 7.14. The van der Waals surface area contributed by atoms with Gasteiger partial charge in [-0.3, -0.25) is 19.3 Å². The minimum Gasteiger partial charge on any atom is -0.395 e. The van der Waals surface area contributed by atoms with Gasteiger partial charge in [0.05, 0.1) is 17.2 Å². The summed E-state index contributed by atoms with van der Waals surface area (Å²) < 4.78 is 1.50. The van der Waals surface area contributed by atoms with E-state index in [0.29, 0.717) is 17.1 Å². The summed E-state index contributed by atoms with van der Waals surface area (Å²) in [6.07, 6.45) is 8.41. The first-order valence-corrected chi connectivity index (χ1v) is 17.1. The van der Waals surface area contributed by atoms with Gasteiger partial charge in [-0.1, -0.05) is 30.7 Å². The van der Waals surface area contributed by atoms with Gasteiger partial charge in [0.2, 0.25) is 5.91 Å². The molecular formula is C36H42N6O4S. The normalized spacial score (nSPS) is 15.2. The number of nitrogens with one attached hydrogen (secondary N) is 2. The molecule has 4 aromatic rings. The Labute approximate surface area is 279 Å². The summed E-state index contributed by atoms with van der Waals surface area (Å²) in [6, 6.07) is 14.8. The number of aliphatic hydroxyl groups is 1. The number of thiophene rings is 1. The van der Waals surface area contributed by atoms with Crippen LogP contribution < -0.4 is 16.2 Å². The zero-order valence-electron chi connectivity index (χ0n) is 27.2. The van der Waals surface area contributed by atoms with Gasteiger partial charge >= 0.3 is 0 Å². The molecule has 1 fully saturated rings. The molecule has 11 heteroatoms. The first-order chi connectivity index (χ1) is 22.7. The van der Waals surface area contributed by atoms with Crippen molar-refractivity contribution in [2.45, 2.75) is 51.5 Å². The number of nitrogens with zero attached hydrogens (tertiary/aromatic N) is 4. The molecule has 10 nitrogen and oxygen atoms in total. The third-order valence-corrected chi connectivity index (χ3v) is 10.4. The maximum absolute atomic E-state index is 13.3. The molecule has 1 atom stereocenters. The zero-order valence-corrected chi connectivity index (χ0v) is 28.0. The third-order valence-electron chi connectivity index (χ3n) is 9.19. The van der Waals surface area contributed by atoms with Crippen LogP contribution in [0.25, 0.3) is 11.3 Å². The molecule has 2 aromatic heterocycles. The highest BCUT2D eigenvalue weighted by atomic mass is 32.1. The number of aliphatic hydroxyl groups excluding tert-OH is 1. The third kappa shape index (κ3) is 7.02. The number of carbonyl (C=O) groups excluding carboxylic acids is 2. The van der Waals surface area contributed by atoms with E-state index in [1.165, 1.54) is 34.3 Å². The van der Waals surface area contributed by atoms with Gasteiger partial charge in [-0.05, 0) is 80.0 Å². The van der Waals surface area contributed by atoms with E-state index >= 15 is 0 Å². The first kappa shape index (κ1) is 32.6. The van der Waals surface area contributed by atoms with Crippen LogP contribution >= 0.6 is 11.3 Å². The zero-order chi connectivity index (χ0) is 33.1. The highest BCUT2D eigenvalue weighted by Gasteiger charge is 2.33. The van der Waals surface area contributed by atoms with Gasteiger partial charge in [0.25, 0.3) is 11.5 Å². The molecule has 0 spiro atoms. The quantitative estimate of drug-likeness (QED) is 0.199. The van der Waals surface area contributed by atoms with E-state index < -0.39 is 6.04 Å². The SMILES string of the molecule is Cc1c(NC(=O)c2cc3c(s2)CCCCC3)cccc1-c1cn(C)c(=O)c(Nc2ccc(C(C(=O)N(C)CCO)N3CCC3)cc2)n1. The van der Waals surface area contributed by atoms with Crippen molar-refractivity contribution < 1.29 is 14.7 Å². The van der Waals surface area contributed by atoms with Crippen molar-refractivity contribution in [3.8, 4) is 11.3 Å². The van der Waals surface area contributed by atoms with Crippen molar-refractivity contribution >= 4 is 40.3 Å². The number of anilines is 3. The van der Waals surface area contributed by atoms with Gasteiger partial charge in [-0.2, -0.15) is 0 Å². The fourth-order valence-corrected chi connectivity index (χ4v) is 7.44. The average Bonchev–Trinajstić information content (AvgIpc) is 3.32. The lowest BCUT2D eigenvalue weighted by atomic mass is 10.00. The lowest BCUT2D eigenvalue weighted by Crippen LogP contribution is -2.48. The Kier molecular flexibility index (Phi) is 9.86. The molecule has 6 rings (SSSR count). The minimum absolute atomic E-state index is 0.0543. The Balaban J connectivity index is 1.22. The fourth-order valence-electron chi connectivity index (χ4n) is 6.29. The monoisotopic (exact) mass is 654 g/mol. The van der Waals surface area contributed by atoms with Crippen LogP contribution in [0.2, 0.25) is 0 Å². The predicted molar refractivity (Wildman–Crippen MR) is 187 cm³/mol. The average molecular weight is 655 g/mol. The van der Waals surface area contributed by atoms with Crippen LogP contribution in [0.3, 0.4) is 0 Å². The maximum Gasteiger partial charge on any atom is 0.293 e. The number of fused-ring (bicyclic) bond motifs is 1. The molecule has 0 radical (unpaired) electrons. The van der Waals surface area contributed by atoms with E-state index in [2.05, 4.69) is 21.6 Å². The summed E-state index contributed by atoms with van der Waals surface area (Å²) in [4.78, 5) is 50.1. The Bertz CT molecular complexity index is 1800. The van der Waals surface area contributed by atoms with Crippen LogP contribution in [-0.4, -0.2) is 69.6 Å². The van der Waals surface area contributed by atoms with Gasteiger partial charge in [0, 0.05) is 61.7 Å². The molecular weight excluding hydrogens is 613 g/mol. The minimum atomic E-state index is -0.422. The van der Waals surface area contributed by atoms with Crippen molar-refractivity contribution in [1.82, 2.24) is 19.4 Å². The van der Waals surface area contributed by atoms with E-state index in [1.54, 1.807) is 36.5 Å². The number of likely N-dealkylation sites (tertiary alicyclic amines) is 1. The van der Waals surface area contributed by atoms with Crippen LogP contribution in [0.5, 0.6) is 0 Å². The lowest BCUT2D eigenvalue weighted by Gasteiger charge is -2.39. The van der Waals surface area contributed by atoms with Crippen molar-refractivity contribution in [2.24, 2.45) is 7.05 Å². The molecule has 1 saturated heterocycles. The fraction of sp³-hybridized carbons (Fsp3) is 0.389. The molecule has 246 valence electrons. The summed E-state index contributed by atoms with van der Waals surface area (Å²) in [5.74, 6) is 0.00626. The topological polar surface area (TPSA) is 120 Å². The molecule has 1 unspecified atom stereocenters. The second kappa shape index (κ2) is 14.2. The summed E-state index contributed by atoms with van der Waals surface area (Å²) >= 11 is 1.60. The molecule has 2 amide bonds. The van der Waals surface area contributed by atoms with E-state index in [-0.39, 0.29) is 36.3 Å². The molecule has 1 aliphatic carbocycles. The van der Waals surface area contributed by atoms with Crippen LogP contribution in [-0.2, 0) is 24.7 Å². The number of rotatable bonds is 10. The number of likely N-dealkylation sites (N-methyl/N-ethyl adjacent to an activating group) is 1. The van der Waals surface area contributed by atoms with Crippen molar-refractivity contribution in [3.05, 3.63) is 91.5 Å². The number of aromatic nitrogens is 2. The van der Waals surface area contributed by atoms with Gasteiger partial charge in [-0.25, -0.2) is 4.98 Å². The van der Waals surface area contributed by atoms with Gasteiger partial charge in [0.1, 0.15) is 6.04 Å². The van der Waals surface area contributed by atoms with Crippen molar-refractivity contribution in [2.75, 3.05) is 43.9 Å². The van der Waals surface area contributed by atoms with Gasteiger partial charge < -0.3 is 25.2 Å². The lowest BCUT2D eigenvalue weighted by molar-refractivity contribution is -0.138. The summed E-state index contributed by atoms with van der Waals surface area (Å²) in [7, 11) is 3.40. The van der Waals surface area contributed by atoms with E-state index in [9.17, 15) is 19.5 Å². The smallest absolute Gasteiger partial charge is 0.293 e. The van der Waals surface area contributed by atoms with Crippen LogP contribution in [0.15, 0.2) is 59.5 Å². The Morgan fingerprint density at radius 1 is 1.06 bits per heavy atom. The van der Waals surface area contributed by atoms with Crippen molar-refractivity contribution in [3.63, 3.8) is 0 Å². The largest absolute Gasteiger partial charge is 0.395 e.